The van der Waals surface area contributed by atoms with Crippen LogP contribution in [0.1, 0.15) is 0 Å². The van der Waals surface area contributed by atoms with Crippen LogP contribution in [0.4, 0.5) is 5.82 Å². The van der Waals surface area contributed by atoms with Crippen molar-refractivity contribution in [1.29, 1.82) is 0 Å². The Hall–Kier alpha value is -0.990. The predicted octanol–water partition coefficient (Wildman–Crippen LogP) is 2.55. The molecule has 0 atom stereocenters. The first-order valence-corrected chi connectivity index (χ1v) is 9.12. The first kappa shape index (κ1) is 14.4. The van der Waals surface area contributed by atoms with Gasteiger partial charge < -0.3 is 5.73 Å². The molecule has 0 saturated heterocycles. The zero-order valence-corrected chi connectivity index (χ0v) is 13.5. The third-order valence-electron chi connectivity index (χ3n) is 2.59. The minimum Gasteiger partial charge on any atom is -0.384 e. The van der Waals surface area contributed by atoms with Crippen molar-refractivity contribution >= 4 is 43.3 Å². The monoisotopic (exact) mass is 361 g/mol. The second kappa shape index (κ2) is 5.18. The van der Waals surface area contributed by atoms with Crippen LogP contribution < -0.4 is 5.73 Å². The molecule has 0 unspecified atom stereocenters. The van der Waals surface area contributed by atoms with E-state index in [9.17, 15) is 8.42 Å². The standard InChI is InChI=1S/C11H12BrN3O2S2/c1-18-10-8(12)3-6(4-9(10)19(2,16)17)7-5-14-15-11(7)13/h3-5H,1-2H3,(H3,13,14,15). The van der Waals surface area contributed by atoms with Crippen molar-refractivity contribution in [3.05, 3.63) is 22.8 Å². The van der Waals surface area contributed by atoms with Crippen LogP contribution >= 0.6 is 27.7 Å². The number of halogens is 1. The molecular formula is C11H12BrN3O2S2. The Kier molecular flexibility index (Phi) is 3.93. The number of H-pyrrole nitrogens is 1. The van der Waals surface area contributed by atoms with Crippen molar-refractivity contribution < 1.29 is 8.42 Å². The Labute approximate surface area is 124 Å². The minimum atomic E-state index is -3.32. The van der Waals surface area contributed by atoms with Gasteiger partial charge >= 0.3 is 0 Å². The number of rotatable bonds is 3. The molecule has 0 saturated carbocycles. The molecule has 1 heterocycles. The Morgan fingerprint density at radius 2 is 2.11 bits per heavy atom. The fourth-order valence-electron chi connectivity index (χ4n) is 1.72. The molecular weight excluding hydrogens is 350 g/mol. The van der Waals surface area contributed by atoms with Gasteiger partial charge in [0.05, 0.1) is 11.1 Å². The lowest BCUT2D eigenvalue weighted by atomic mass is 10.1. The van der Waals surface area contributed by atoms with Gasteiger partial charge in [-0.15, -0.1) is 11.8 Å². The zero-order chi connectivity index (χ0) is 14.2. The van der Waals surface area contributed by atoms with Crippen LogP contribution in [0.2, 0.25) is 0 Å². The lowest BCUT2D eigenvalue weighted by molar-refractivity contribution is 0.600. The molecule has 19 heavy (non-hydrogen) atoms. The molecule has 1 aromatic heterocycles. The van der Waals surface area contributed by atoms with Crippen molar-refractivity contribution in [2.24, 2.45) is 0 Å². The third kappa shape index (κ3) is 2.80. The normalized spacial score (nSPS) is 11.7. The van der Waals surface area contributed by atoms with Crippen molar-refractivity contribution in [2.45, 2.75) is 9.79 Å². The summed E-state index contributed by atoms with van der Waals surface area (Å²) in [6.45, 7) is 0. The molecule has 0 aliphatic heterocycles. The number of hydrogen-bond donors (Lipinski definition) is 2. The lowest BCUT2D eigenvalue weighted by Gasteiger charge is -2.11. The topological polar surface area (TPSA) is 88.8 Å². The summed E-state index contributed by atoms with van der Waals surface area (Å²) in [5.41, 5.74) is 7.15. The molecule has 0 aliphatic rings. The molecule has 2 aromatic rings. The van der Waals surface area contributed by atoms with Crippen LogP contribution in [-0.4, -0.2) is 31.1 Å². The fraction of sp³-hybridized carbons (Fsp3) is 0.182. The number of nitrogen functional groups attached to an aromatic ring is 1. The number of sulfone groups is 1. The van der Waals surface area contributed by atoms with E-state index in [2.05, 4.69) is 26.1 Å². The van der Waals surface area contributed by atoms with Crippen LogP contribution in [0.25, 0.3) is 11.1 Å². The first-order valence-electron chi connectivity index (χ1n) is 5.21. The van der Waals surface area contributed by atoms with Crippen LogP contribution in [0.3, 0.4) is 0 Å². The van der Waals surface area contributed by atoms with Gasteiger partial charge in [0.1, 0.15) is 5.82 Å². The van der Waals surface area contributed by atoms with Gasteiger partial charge in [-0.25, -0.2) is 8.42 Å². The Morgan fingerprint density at radius 3 is 2.58 bits per heavy atom. The lowest BCUT2D eigenvalue weighted by Crippen LogP contribution is -2.01. The number of hydrogen-bond acceptors (Lipinski definition) is 5. The largest absolute Gasteiger partial charge is 0.384 e. The predicted molar refractivity (Wildman–Crippen MR) is 81.0 cm³/mol. The van der Waals surface area contributed by atoms with Gasteiger partial charge in [-0.1, -0.05) is 0 Å². The van der Waals surface area contributed by atoms with E-state index in [1.807, 2.05) is 12.3 Å². The summed E-state index contributed by atoms with van der Waals surface area (Å²) in [6.07, 6.45) is 4.60. The molecule has 0 fully saturated rings. The van der Waals surface area contributed by atoms with Gasteiger partial charge in [0.25, 0.3) is 0 Å². The van der Waals surface area contributed by atoms with Crippen molar-refractivity contribution in [3.63, 3.8) is 0 Å². The summed E-state index contributed by atoms with van der Waals surface area (Å²) in [5, 5.41) is 6.47. The minimum absolute atomic E-state index is 0.282. The molecule has 1 aromatic carbocycles. The van der Waals surface area contributed by atoms with E-state index in [-0.39, 0.29) is 4.90 Å². The van der Waals surface area contributed by atoms with E-state index in [4.69, 9.17) is 5.73 Å². The number of thioether (sulfide) groups is 1. The Bertz CT molecular complexity index is 726. The third-order valence-corrected chi connectivity index (χ3v) is 5.58. The van der Waals surface area contributed by atoms with Crippen LogP contribution in [0.15, 0.2) is 32.6 Å². The number of nitrogens with one attached hydrogen (secondary N) is 1. The van der Waals surface area contributed by atoms with E-state index < -0.39 is 9.84 Å². The smallest absolute Gasteiger partial charge is 0.176 e. The number of aromatic nitrogens is 2. The quantitative estimate of drug-likeness (QED) is 0.820. The van der Waals surface area contributed by atoms with Gasteiger partial charge in [0.15, 0.2) is 9.84 Å². The highest BCUT2D eigenvalue weighted by atomic mass is 79.9. The van der Waals surface area contributed by atoms with Gasteiger partial charge in [0, 0.05) is 21.2 Å². The summed E-state index contributed by atoms with van der Waals surface area (Å²) in [7, 11) is -3.32. The van der Waals surface area contributed by atoms with Gasteiger partial charge in [-0.05, 0) is 39.9 Å². The molecule has 0 spiro atoms. The second-order valence-electron chi connectivity index (χ2n) is 3.96. The number of benzene rings is 1. The zero-order valence-electron chi connectivity index (χ0n) is 10.3. The van der Waals surface area contributed by atoms with Crippen LogP contribution in [-0.2, 0) is 9.84 Å². The van der Waals surface area contributed by atoms with Crippen molar-refractivity contribution in [2.75, 3.05) is 18.2 Å². The van der Waals surface area contributed by atoms with E-state index in [1.165, 1.54) is 18.0 Å². The van der Waals surface area contributed by atoms with E-state index in [0.717, 1.165) is 4.47 Å². The molecule has 5 nitrogen and oxygen atoms in total. The maximum Gasteiger partial charge on any atom is 0.176 e. The average molecular weight is 362 g/mol. The molecule has 2 rings (SSSR count). The van der Waals surface area contributed by atoms with E-state index in [0.29, 0.717) is 21.8 Å². The van der Waals surface area contributed by atoms with E-state index >= 15 is 0 Å². The number of aromatic amines is 1. The SMILES string of the molecule is CSc1c(Br)cc(-c2cn[nH]c2N)cc1S(C)(=O)=O. The number of anilines is 1. The summed E-state index contributed by atoms with van der Waals surface area (Å²) in [4.78, 5) is 0.971. The van der Waals surface area contributed by atoms with E-state index in [1.54, 1.807) is 12.3 Å². The molecule has 102 valence electrons. The highest BCUT2D eigenvalue weighted by Crippen LogP contribution is 2.37. The Morgan fingerprint density at radius 1 is 1.42 bits per heavy atom. The van der Waals surface area contributed by atoms with Crippen LogP contribution in [0.5, 0.6) is 0 Å². The maximum absolute atomic E-state index is 11.9. The first-order chi connectivity index (χ1) is 8.84. The Balaban J connectivity index is 2.75. The average Bonchev–Trinajstić information content (AvgIpc) is 2.73. The molecule has 0 amide bonds. The molecule has 3 N–H and O–H groups in total. The summed E-state index contributed by atoms with van der Waals surface area (Å²) >= 11 is 4.78. The maximum atomic E-state index is 11.9. The number of nitrogens with zero attached hydrogens (tertiary/aromatic N) is 1. The fourth-order valence-corrected chi connectivity index (χ4v) is 4.81. The molecule has 0 aliphatic carbocycles. The second-order valence-corrected chi connectivity index (χ2v) is 7.61. The highest BCUT2D eigenvalue weighted by molar-refractivity contribution is 9.10. The number of nitrogens with two attached hydrogens (primary N) is 1. The highest BCUT2D eigenvalue weighted by Gasteiger charge is 2.18. The van der Waals surface area contributed by atoms with Crippen molar-refractivity contribution in [3.8, 4) is 11.1 Å². The molecule has 8 heteroatoms. The summed E-state index contributed by atoms with van der Waals surface area (Å²) in [5.74, 6) is 0.406. The van der Waals surface area contributed by atoms with Crippen molar-refractivity contribution in [1.82, 2.24) is 10.2 Å². The summed E-state index contributed by atoms with van der Waals surface area (Å²) < 4.78 is 24.5. The van der Waals surface area contributed by atoms with Gasteiger partial charge in [-0.2, -0.15) is 5.10 Å². The van der Waals surface area contributed by atoms with Gasteiger partial charge in [0.2, 0.25) is 0 Å². The molecule has 0 radical (unpaired) electrons. The van der Waals surface area contributed by atoms with Crippen LogP contribution in [0, 0.1) is 0 Å². The molecule has 0 bridgehead atoms. The van der Waals surface area contributed by atoms with Gasteiger partial charge in [-0.3, -0.25) is 5.10 Å². The summed E-state index contributed by atoms with van der Waals surface area (Å²) in [6, 6.07) is 3.45.